The molecule has 1 saturated heterocycles. The summed E-state index contributed by atoms with van der Waals surface area (Å²) in [6, 6.07) is -2.61. The monoisotopic (exact) mass is 322 g/mol. The fraction of sp³-hybridized carbons (Fsp3) is 0.933. The van der Waals surface area contributed by atoms with Crippen LogP contribution in [0.3, 0.4) is 0 Å². The van der Waals surface area contributed by atoms with Crippen LogP contribution in [0.2, 0.25) is 0 Å². The molecular weight excluding hydrogens is 297 g/mol. The Balaban J connectivity index is 1.87. The Labute approximate surface area is 129 Å². The molecule has 2 aliphatic rings. The van der Waals surface area contributed by atoms with E-state index in [9.17, 15) is 18.0 Å². The SMILES string of the molecule is C[C@H](NC(=O)N[C@H](C1CCCC1)C(F)(F)F)C1CCOCC1. The first-order chi connectivity index (χ1) is 10.4. The molecule has 0 unspecified atom stereocenters. The van der Waals surface area contributed by atoms with Crippen LogP contribution < -0.4 is 10.6 Å². The quantitative estimate of drug-likeness (QED) is 0.835. The molecule has 128 valence electrons. The van der Waals surface area contributed by atoms with E-state index in [1.54, 1.807) is 0 Å². The maximum absolute atomic E-state index is 13.2. The standard InChI is InChI=1S/C15H25F3N2O2/c1-10(11-6-8-22-9-7-11)19-14(21)20-13(15(16,17)18)12-4-2-3-5-12/h10-13H,2-9H2,1H3,(H2,19,20,21)/t10-,13+/m0/s1. The van der Waals surface area contributed by atoms with Gasteiger partial charge in [0.15, 0.2) is 0 Å². The summed E-state index contributed by atoms with van der Waals surface area (Å²) >= 11 is 0. The highest BCUT2D eigenvalue weighted by atomic mass is 19.4. The Bertz CT molecular complexity index is 364. The maximum atomic E-state index is 13.2. The van der Waals surface area contributed by atoms with Crippen molar-refractivity contribution in [2.24, 2.45) is 11.8 Å². The molecule has 2 atom stereocenters. The van der Waals surface area contributed by atoms with Crippen molar-refractivity contribution in [3.05, 3.63) is 0 Å². The lowest BCUT2D eigenvalue weighted by Crippen LogP contribution is -2.55. The van der Waals surface area contributed by atoms with E-state index in [1.165, 1.54) is 0 Å². The van der Waals surface area contributed by atoms with Gasteiger partial charge < -0.3 is 15.4 Å². The third-order valence-corrected chi connectivity index (χ3v) is 4.84. The van der Waals surface area contributed by atoms with Gasteiger partial charge in [-0.1, -0.05) is 12.8 Å². The number of amides is 2. The number of rotatable bonds is 4. The van der Waals surface area contributed by atoms with Crippen LogP contribution in [-0.2, 0) is 4.74 Å². The van der Waals surface area contributed by atoms with Crippen LogP contribution >= 0.6 is 0 Å². The lowest BCUT2D eigenvalue weighted by molar-refractivity contribution is -0.164. The molecule has 1 saturated carbocycles. The summed E-state index contributed by atoms with van der Waals surface area (Å²) in [5, 5.41) is 4.83. The Kier molecular flexibility index (Phi) is 5.94. The molecule has 0 aromatic carbocycles. The fourth-order valence-corrected chi connectivity index (χ4v) is 3.48. The van der Waals surface area contributed by atoms with Crippen molar-refractivity contribution < 1.29 is 22.7 Å². The Morgan fingerprint density at radius 1 is 1.05 bits per heavy atom. The van der Waals surface area contributed by atoms with Crippen LogP contribution in [0.5, 0.6) is 0 Å². The van der Waals surface area contributed by atoms with Gasteiger partial charge in [0.05, 0.1) is 0 Å². The fourth-order valence-electron chi connectivity index (χ4n) is 3.48. The smallest absolute Gasteiger partial charge is 0.381 e. The van der Waals surface area contributed by atoms with Crippen molar-refractivity contribution in [2.45, 2.75) is 63.7 Å². The van der Waals surface area contributed by atoms with E-state index in [-0.39, 0.29) is 12.0 Å². The van der Waals surface area contributed by atoms with E-state index in [2.05, 4.69) is 10.6 Å². The number of ether oxygens (including phenoxy) is 1. The van der Waals surface area contributed by atoms with E-state index in [0.717, 1.165) is 25.7 Å². The molecule has 0 bridgehead atoms. The highest BCUT2D eigenvalue weighted by molar-refractivity contribution is 5.74. The molecule has 2 rings (SSSR count). The molecule has 2 amide bonds. The summed E-state index contributed by atoms with van der Waals surface area (Å²) in [7, 11) is 0. The van der Waals surface area contributed by atoms with Crippen molar-refractivity contribution in [2.75, 3.05) is 13.2 Å². The zero-order valence-electron chi connectivity index (χ0n) is 12.9. The second-order valence-corrected chi connectivity index (χ2v) is 6.42. The van der Waals surface area contributed by atoms with Gasteiger partial charge in [0.25, 0.3) is 0 Å². The molecule has 0 aromatic heterocycles. The third-order valence-electron chi connectivity index (χ3n) is 4.84. The van der Waals surface area contributed by atoms with Crippen molar-refractivity contribution in [1.29, 1.82) is 0 Å². The van der Waals surface area contributed by atoms with Gasteiger partial charge >= 0.3 is 12.2 Å². The molecule has 1 heterocycles. The van der Waals surface area contributed by atoms with Gasteiger partial charge in [-0.15, -0.1) is 0 Å². The minimum atomic E-state index is -4.39. The summed E-state index contributed by atoms with van der Waals surface area (Å²) in [5.41, 5.74) is 0. The number of carbonyl (C=O) groups is 1. The molecule has 22 heavy (non-hydrogen) atoms. The lowest BCUT2D eigenvalue weighted by Gasteiger charge is -2.31. The van der Waals surface area contributed by atoms with Crippen molar-refractivity contribution in [1.82, 2.24) is 10.6 Å². The van der Waals surface area contributed by atoms with Gasteiger partial charge in [0, 0.05) is 19.3 Å². The topological polar surface area (TPSA) is 50.4 Å². The molecule has 2 N–H and O–H groups in total. The first-order valence-electron chi connectivity index (χ1n) is 8.09. The molecule has 7 heteroatoms. The van der Waals surface area contributed by atoms with Crippen LogP contribution in [-0.4, -0.2) is 37.5 Å². The summed E-state index contributed by atoms with van der Waals surface area (Å²) in [5.74, 6) is -0.237. The lowest BCUT2D eigenvalue weighted by atomic mass is 9.93. The second-order valence-electron chi connectivity index (χ2n) is 6.42. The van der Waals surface area contributed by atoms with Crippen molar-refractivity contribution in [3.8, 4) is 0 Å². The molecule has 0 spiro atoms. The molecule has 0 aromatic rings. The molecule has 1 aliphatic carbocycles. The normalized spacial score (nSPS) is 24.0. The largest absolute Gasteiger partial charge is 0.408 e. The first kappa shape index (κ1) is 17.4. The summed E-state index contributed by atoms with van der Waals surface area (Å²) in [6.07, 6.45) is -0.0776. The van der Waals surface area contributed by atoms with Crippen LogP contribution in [0, 0.1) is 11.8 Å². The van der Waals surface area contributed by atoms with Gasteiger partial charge in [0.2, 0.25) is 0 Å². The molecule has 2 fully saturated rings. The number of alkyl halides is 3. The molecule has 4 nitrogen and oxygen atoms in total. The van der Waals surface area contributed by atoms with E-state index in [1.807, 2.05) is 6.92 Å². The van der Waals surface area contributed by atoms with Gasteiger partial charge in [-0.3, -0.25) is 0 Å². The predicted molar refractivity (Wildman–Crippen MR) is 76.5 cm³/mol. The average molecular weight is 322 g/mol. The van der Waals surface area contributed by atoms with E-state index in [4.69, 9.17) is 4.74 Å². The number of halogens is 3. The maximum Gasteiger partial charge on any atom is 0.408 e. The van der Waals surface area contributed by atoms with E-state index >= 15 is 0 Å². The van der Waals surface area contributed by atoms with Crippen molar-refractivity contribution >= 4 is 6.03 Å². The highest BCUT2D eigenvalue weighted by Gasteiger charge is 2.46. The number of hydrogen-bond donors (Lipinski definition) is 2. The summed E-state index contributed by atoms with van der Waals surface area (Å²) in [6.45, 7) is 3.13. The zero-order valence-corrected chi connectivity index (χ0v) is 12.9. The molecular formula is C15H25F3N2O2. The van der Waals surface area contributed by atoms with E-state index in [0.29, 0.717) is 26.1 Å². The van der Waals surface area contributed by atoms with Crippen LogP contribution in [0.1, 0.15) is 45.4 Å². The number of carbonyl (C=O) groups excluding carboxylic acids is 1. The minimum absolute atomic E-state index is 0.152. The van der Waals surface area contributed by atoms with Gasteiger partial charge in [-0.05, 0) is 44.4 Å². The zero-order chi connectivity index (χ0) is 16.2. The van der Waals surface area contributed by atoms with Gasteiger partial charge in [0.1, 0.15) is 6.04 Å². The van der Waals surface area contributed by atoms with Gasteiger partial charge in [-0.25, -0.2) is 4.79 Å². The number of urea groups is 1. The second kappa shape index (κ2) is 7.53. The molecule has 0 radical (unpaired) electrons. The van der Waals surface area contributed by atoms with Gasteiger partial charge in [-0.2, -0.15) is 13.2 Å². The van der Waals surface area contributed by atoms with E-state index < -0.39 is 24.2 Å². The molecule has 1 aliphatic heterocycles. The van der Waals surface area contributed by atoms with Crippen molar-refractivity contribution in [3.63, 3.8) is 0 Å². The van der Waals surface area contributed by atoms with Crippen LogP contribution in [0.25, 0.3) is 0 Å². The highest BCUT2D eigenvalue weighted by Crippen LogP contribution is 2.35. The van der Waals surface area contributed by atoms with Crippen LogP contribution in [0.15, 0.2) is 0 Å². The minimum Gasteiger partial charge on any atom is -0.381 e. The predicted octanol–water partition coefficient (Wildman–Crippen LogP) is 3.22. The summed E-state index contributed by atoms with van der Waals surface area (Å²) in [4.78, 5) is 12.0. The Hall–Kier alpha value is -0.980. The Morgan fingerprint density at radius 3 is 2.18 bits per heavy atom. The third kappa shape index (κ3) is 4.76. The average Bonchev–Trinajstić information content (AvgIpc) is 2.98. The number of hydrogen-bond acceptors (Lipinski definition) is 2. The summed E-state index contributed by atoms with van der Waals surface area (Å²) < 4.78 is 44.8. The number of nitrogens with one attached hydrogen (secondary N) is 2. The Morgan fingerprint density at radius 2 is 1.64 bits per heavy atom. The first-order valence-corrected chi connectivity index (χ1v) is 8.09. The van der Waals surface area contributed by atoms with Crippen LogP contribution in [0.4, 0.5) is 18.0 Å².